The van der Waals surface area contributed by atoms with Gasteiger partial charge in [0.1, 0.15) is 0 Å². The van der Waals surface area contributed by atoms with E-state index in [2.05, 4.69) is 67.7 Å². The summed E-state index contributed by atoms with van der Waals surface area (Å²) >= 11 is 0. The first-order chi connectivity index (χ1) is 9.78. The minimum absolute atomic E-state index is 0.275. The lowest BCUT2D eigenvalue weighted by Gasteiger charge is -2.18. The van der Waals surface area contributed by atoms with Crippen molar-refractivity contribution in [1.29, 1.82) is 0 Å². The van der Waals surface area contributed by atoms with Gasteiger partial charge in [-0.05, 0) is 42.1 Å². The molecule has 2 aromatic rings. The maximum absolute atomic E-state index is 3.42. The van der Waals surface area contributed by atoms with Gasteiger partial charge in [-0.2, -0.15) is 0 Å². The van der Waals surface area contributed by atoms with Crippen LogP contribution in [0.25, 0.3) is 0 Å². The van der Waals surface area contributed by atoms with Crippen LogP contribution in [0.1, 0.15) is 48.6 Å². The number of rotatable bonds is 6. The highest BCUT2D eigenvalue weighted by molar-refractivity contribution is 5.35. The standard InChI is InChI=1S/C19H25N/c1-4-6-16-9-13-18(14-10-16)19(20-3)17-11-7-15(5-2)8-12-17/h7-14,19-20H,4-6H2,1-3H3. The van der Waals surface area contributed by atoms with Crippen molar-refractivity contribution in [3.8, 4) is 0 Å². The summed E-state index contributed by atoms with van der Waals surface area (Å²) in [5.74, 6) is 0. The molecule has 0 spiro atoms. The summed E-state index contributed by atoms with van der Waals surface area (Å²) in [5.41, 5.74) is 5.47. The lowest BCUT2D eigenvalue weighted by Crippen LogP contribution is -2.17. The predicted octanol–water partition coefficient (Wildman–Crippen LogP) is 4.51. The predicted molar refractivity (Wildman–Crippen MR) is 87.2 cm³/mol. The molecule has 0 aliphatic rings. The van der Waals surface area contributed by atoms with E-state index in [1.807, 2.05) is 7.05 Å². The quantitative estimate of drug-likeness (QED) is 0.812. The Morgan fingerprint density at radius 1 is 0.800 bits per heavy atom. The Balaban J connectivity index is 2.21. The van der Waals surface area contributed by atoms with Crippen molar-refractivity contribution in [1.82, 2.24) is 5.32 Å². The third-order valence-corrected chi connectivity index (χ3v) is 3.86. The molecular weight excluding hydrogens is 242 g/mol. The molecule has 1 heteroatoms. The Bertz CT molecular complexity index is 510. The van der Waals surface area contributed by atoms with Crippen molar-refractivity contribution in [3.05, 3.63) is 70.8 Å². The fourth-order valence-corrected chi connectivity index (χ4v) is 2.64. The first-order valence-corrected chi connectivity index (χ1v) is 7.63. The second kappa shape index (κ2) is 7.25. The molecule has 0 saturated carbocycles. The van der Waals surface area contributed by atoms with Gasteiger partial charge in [0.05, 0.1) is 6.04 Å². The molecular formula is C19H25N. The topological polar surface area (TPSA) is 12.0 Å². The number of hydrogen-bond acceptors (Lipinski definition) is 1. The molecule has 0 saturated heterocycles. The maximum Gasteiger partial charge on any atom is 0.0574 e. The zero-order valence-corrected chi connectivity index (χ0v) is 12.8. The van der Waals surface area contributed by atoms with E-state index in [4.69, 9.17) is 0 Å². The van der Waals surface area contributed by atoms with Crippen molar-refractivity contribution in [2.24, 2.45) is 0 Å². The highest BCUT2D eigenvalue weighted by atomic mass is 14.9. The first kappa shape index (κ1) is 14.8. The van der Waals surface area contributed by atoms with Crippen LogP contribution in [0.2, 0.25) is 0 Å². The molecule has 0 bridgehead atoms. The largest absolute Gasteiger partial charge is 0.309 e. The van der Waals surface area contributed by atoms with Gasteiger partial charge in [-0.15, -0.1) is 0 Å². The average Bonchev–Trinajstić information content (AvgIpc) is 2.51. The SMILES string of the molecule is CCCc1ccc(C(NC)c2ccc(CC)cc2)cc1. The minimum atomic E-state index is 0.275. The van der Waals surface area contributed by atoms with Gasteiger partial charge in [-0.25, -0.2) is 0 Å². The Kier molecular flexibility index (Phi) is 5.37. The smallest absolute Gasteiger partial charge is 0.0574 e. The summed E-state index contributed by atoms with van der Waals surface area (Å²) in [4.78, 5) is 0. The van der Waals surface area contributed by atoms with Crippen LogP contribution in [0.3, 0.4) is 0 Å². The van der Waals surface area contributed by atoms with Gasteiger partial charge in [0.25, 0.3) is 0 Å². The van der Waals surface area contributed by atoms with Crippen LogP contribution in [-0.4, -0.2) is 7.05 Å². The lowest BCUT2D eigenvalue weighted by molar-refractivity contribution is 0.691. The molecule has 1 N–H and O–H groups in total. The molecule has 1 nitrogen and oxygen atoms in total. The fraction of sp³-hybridized carbons (Fsp3) is 0.368. The van der Waals surface area contributed by atoms with Crippen molar-refractivity contribution < 1.29 is 0 Å². The molecule has 0 aliphatic heterocycles. The number of benzene rings is 2. The van der Waals surface area contributed by atoms with Crippen LogP contribution in [-0.2, 0) is 12.8 Å². The molecule has 0 aromatic heterocycles. The highest BCUT2D eigenvalue weighted by Crippen LogP contribution is 2.23. The molecule has 0 aliphatic carbocycles. The fourth-order valence-electron chi connectivity index (χ4n) is 2.64. The third kappa shape index (κ3) is 3.49. The van der Waals surface area contributed by atoms with Crippen molar-refractivity contribution in [3.63, 3.8) is 0 Å². The first-order valence-electron chi connectivity index (χ1n) is 7.63. The number of nitrogens with one attached hydrogen (secondary N) is 1. The molecule has 20 heavy (non-hydrogen) atoms. The van der Waals surface area contributed by atoms with Crippen LogP contribution in [0, 0.1) is 0 Å². The molecule has 106 valence electrons. The minimum Gasteiger partial charge on any atom is -0.309 e. The third-order valence-electron chi connectivity index (χ3n) is 3.86. The van der Waals surface area contributed by atoms with Crippen LogP contribution < -0.4 is 5.32 Å². The summed E-state index contributed by atoms with van der Waals surface area (Å²) < 4.78 is 0. The van der Waals surface area contributed by atoms with E-state index in [0.717, 1.165) is 12.8 Å². The van der Waals surface area contributed by atoms with E-state index in [-0.39, 0.29) is 6.04 Å². The molecule has 0 fully saturated rings. The monoisotopic (exact) mass is 267 g/mol. The number of hydrogen-bond donors (Lipinski definition) is 1. The summed E-state index contributed by atoms with van der Waals surface area (Å²) in [7, 11) is 2.03. The molecule has 0 amide bonds. The Labute approximate surface area is 123 Å². The van der Waals surface area contributed by atoms with E-state index in [0.29, 0.717) is 0 Å². The second-order valence-corrected chi connectivity index (χ2v) is 5.31. The zero-order chi connectivity index (χ0) is 14.4. The van der Waals surface area contributed by atoms with Crippen LogP contribution in [0.4, 0.5) is 0 Å². The Hall–Kier alpha value is -1.60. The summed E-state index contributed by atoms with van der Waals surface area (Å²) in [6.45, 7) is 4.41. The Morgan fingerprint density at radius 2 is 1.30 bits per heavy atom. The summed E-state index contributed by atoms with van der Waals surface area (Å²) in [6, 6.07) is 18.2. The van der Waals surface area contributed by atoms with Crippen molar-refractivity contribution >= 4 is 0 Å². The van der Waals surface area contributed by atoms with Gasteiger partial charge < -0.3 is 5.32 Å². The van der Waals surface area contributed by atoms with Crippen molar-refractivity contribution in [2.45, 2.75) is 39.2 Å². The lowest BCUT2D eigenvalue weighted by atomic mass is 9.96. The Morgan fingerprint density at radius 3 is 1.70 bits per heavy atom. The summed E-state index contributed by atoms with van der Waals surface area (Å²) in [5, 5.41) is 3.42. The van der Waals surface area contributed by atoms with Gasteiger partial charge >= 0.3 is 0 Å². The molecule has 0 heterocycles. The van der Waals surface area contributed by atoms with Gasteiger partial charge in [0.2, 0.25) is 0 Å². The van der Waals surface area contributed by atoms with E-state index < -0.39 is 0 Å². The van der Waals surface area contributed by atoms with E-state index >= 15 is 0 Å². The van der Waals surface area contributed by atoms with Crippen LogP contribution in [0.15, 0.2) is 48.5 Å². The molecule has 1 atom stereocenters. The number of aryl methyl sites for hydroxylation is 2. The van der Waals surface area contributed by atoms with Gasteiger partial charge in [-0.3, -0.25) is 0 Å². The molecule has 2 rings (SSSR count). The van der Waals surface area contributed by atoms with Crippen LogP contribution >= 0.6 is 0 Å². The average molecular weight is 267 g/mol. The van der Waals surface area contributed by atoms with Crippen LogP contribution in [0.5, 0.6) is 0 Å². The van der Waals surface area contributed by atoms with E-state index in [1.165, 1.54) is 28.7 Å². The van der Waals surface area contributed by atoms with Gasteiger partial charge in [-0.1, -0.05) is 68.8 Å². The zero-order valence-electron chi connectivity index (χ0n) is 12.8. The summed E-state index contributed by atoms with van der Waals surface area (Å²) in [6.07, 6.45) is 3.46. The highest BCUT2D eigenvalue weighted by Gasteiger charge is 2.11. The van der Waals surface area contributed by atoms with Gasteiger partial charge in [0, 0.05) is 0 Å². The molecule has 1 unspecified atom stereocenters. The molecule has 2 aromatic carbocycles. The maximum atomic E-state index is 3.42. The van der Waals surface area contributed by atoms with E-state index in [9.17, 15) is 0 Å². The molecule has 0 radical (unpaired) electrons. The van der Waals surface area contributed by atoms with E-state index in [1.54, 1.807) is 0 Å². The second-order valence-electron chi connectivity index (χ2n) is 5.31. The van der Waals surface area contributed by atoms with Crippen molar-refractivity contribution in [2.75, 3.05) is 7.05 Å². The van der Waals surface area contributed by atoms with Gasteiger partial charge in [0.15, 0.2) is 0 Å². The normalized spacial score (nSPS) is 12.3.